The molecule has 0 radical (unpaired) electrons. The Balaban J connectivity index is 2.44. The van der Waals surface area contributed by atoms with Crippen LogP contribution < -0.4 is 5.32 Å². The van der Waals surface area contributed by atoms with Gasteiger partial charge >= 0.3 is 8.25 Å². The Morgan fingerprint density at radius 3 is 3.06 bits per heavy atom. The lowest BCUT2D eigenvalue weighted by molar-refractivity contribution is -0.0416. The van der Waals surface area contributed by atoms with E-state index in [1.807, 2.05) is 6.92 Å². The SMILES string of the molecule is CCOC1C[C@H](NC=N)O[C@@H]1CO[PH](=O)O. The molecule has 4 atom stereocenters. The zero-order chi connectivity index (χ0) is 12.0. The van der Waals surface area contributed by atoms with Gasteiger partial charge in [0.25, 0.3) is 0 Å². The third-order valence-electron chi connectivity index (χ3n) is 2.22. The van der Waals surface area contributed by atoms with E-state index in [-0.39, 0.29) is 25.0 Å². The molecule has 1 fully saturated rings. The van der Waals surface area contributed by atoms with Crippen LogP contribution in [0.25, 0.3) is 0 Å². The van der Waals surface area contributed by atoms with E-state index in [0.29, 0.717) is 13.0 Å². The molecule has 16 heavy (non-hydrogen) atoms. The predicted octanol–water partition coefficient (Wildman–Crippen LogP) is 0.102. The van der Waals surface area contributed by atoms with Crippen LogP contribution in [0.3, 0.4) is 0 Å². The molecular formula is C8H17N2O5P. The van der Waals surface area contributed by atoms with E-state index in [9.17, 15) is 4.57 Å². The van der Waals surface area contributed by atoms with E-state index in [1.54, 1.807) is 0 Å². The highest BCUT2D eigenvalue weighted by Crippen LogP contribution is 2.25. The van der Waals surface area contributed by atoms with Crippen molar-refractivity contribution in [3.05, 3.63) is 0 Å². The second-order valence-corrected chi connectivity index (χ2v) is 4.10. The lowest BCUT2D eigenvalue weighted by atomic mass is 10.2. The molecule has 7 nitrogen and oxygen atoms in total. The molecule has 0 aromatic heterocycles. The van der Waals surface area contributed by atoms with Gasteiger partial charge in [-0.3, -0.25) is 9.97 Å². The molecule has 1 aliphatic heterocycles. The van der Waals surface area contributed by atoms with Crippen LogP contribution >= 0.6 is 8.25 Å². The summed E-state index contributed by atoms with van der Waals surface area (Å²) in [4.78, 5) is 8.57. The number of hydrogen-bond acceptors (Lipinski definition) is 5. The van der Waals surface area contributed by atoms with E-state index in [4.69, 9.17) is 19.8 Å². The fraction of sp³-hybridized carbons (Fsp3) is 0.875. The topological polar surface area (TPSA) is 101 Å². The maximum absolute atomic E-state index is 10.4. The first-order valence-corrected chi connectivity index (χ1v) is 6.31. The maximum Gasteiger partial charge on any atom is 0.316 e. The molecule has 0 aliphatic carbocycles. The molecule has 8 heteroatoms. The second kappa shape index (κ2) is 6.98. The molecule has 0 spiro atoms. The minimum atomic E-state index is -2.94. The zero-order valence-corrected chi connectivity index (χ0v) is 10.0. The molecule has 94 valence electrons. The third-order valence-corrected chi connectivity index (χ3v) is 2.63. The number of nitrogens with one attached hydrogen (secondary N) is 2. The highest BCUT2D eigenvalue weighted by Gasteiger charge is 2.35. The van der Waals surface area contributed by atoms with Crippen LogP contribution in [0.2, 0.25) is 0 Å². The second-order valence-electron chi connectivity index (χ2n) is 3.28. The highest BCUT2D eigenvalue weighted by molar-refractivity contribution is 7.32. The summed E-state index contributed by atoms with van der Waals surface area (Å²) < 4.78 is 26.0. The van der Waals surface area contributed by atoms with Crippen LogP contribution in [0.4, 0.5) is 0 Å². The Kier molecular flexibility index (Phi) is 5.94. The van der Waals surface area contributed by atoms with Crippen molar-refractivity contribution in [1.82, 2.24) is 5.32 Å². The molecule has 1 saturated heterocycles. The largest absolute Gasteiger partial charge is 0.376 e. The van der Waals surface area contributed by atoms with Gasteiger partial charge in [-0.1, -0.05) is 0 Å². The van der Waals surface area contributed by atoms with Gasteiger partial charge in [-0.25, -0.2) is 0 Å². The number of rotatable bonds is 7. The zero-order valence-electron chi connectivity index (χ0n) is 9.01. The average molecular weight is 252 g/mol. The first-order valence-electron chi connectivity index (χ1n) is 5.05. The summed E-state index contributed by atoms with van der Waals surface area (Å²) in [5, 5.41) is 9.60. The normalized spacial score (nSPS) is 31.2. The van der Waals surface area contributed by atoms with E-state index >= 15 is 0 Å². The Labute approximate surface area is 94.5 Å². The van der Waals surface area contributed by atoms with Gasteiger partial charge in [0, 0.05) is 13.0 Å². The van der Waals surface area contributed by atoms with Crippen LogP contribution in [0.5, 0.6) is 0 Å². The van der Waals surface area contributed by atoms with Crippen LogP contribution in [0, 0.1) is 5.41 Å². The molecule has 0 aromatic rings. The van der Waals surface area contributed by atoms with Crippen LogP contribution in [0.15, 0.2) is 0 Å². The first kappa shape index (κ1) is 13.6. The minimum Gasteiger partial charge on any atom is -0.376 e. The number of ether oxygens (including phenoxy) is 2. The average Bonchev–Trinajstić information content (AvgIpc) is 2.59. The molecule has 0 aromatic carbocycles. The van der Waals surface area contributed by atoms with Crippen molar-refractivity contribution in [1.29, 1.82) is 5.41 Å². The fourth-order valence-corrected chi connectivity index (χ4v) is 1.91. The van der Waals surface area contributed by atoms with Crippen molar-refractivity contribution in [2.45, 2.75) is 31.8 Å². The standard InChI is InChI=1S/C8H17N2O5P/c1-2-13-6-3-8(10-5-9)15-7(6)4-14-16(11)12/h5-8,16H,2-4H2,1H3,(H2,9,10)(H,11,12)/t6?,7-,8-/m1/s1. The van der Waals surface area contributed by atoms with E-state index in [1.165, 1.54) is 0 Å². The molecule has 1 heterocycles. The Morgan fingerprint density at radius 1 is 1.75 bits per heavy atom. The van der Waals surface area contributed by atoms with Crippen molar-refractivity contribution < 1.29 is 23.5 Å². The highest BCUT2D eigenvalue weighted by atomic mass is 31.1. The van der Waals surface area contributed by atoms with Gasteiger partial charge in [-0.2, -0.15) is 0 Å². The van der Waals surface area contributed by atoms with Gasteiger partial charge in [0.05, 0.1) is 19.0 Å². The monoisotopic (exact) mass is 252 g/mol. The summed E-state index contributed by atoms with van der Waals surface area (Å²) in [7, 11) is -2.94. The van der Waals surface area contributed by atoms with Gasteiger partial charge in [0.2, 0.25) is 0 Å². The summed E-state index contributed by atoms with van der Waals surface area (Å²) in [6.45, 7) is 2.43. The Morgan fingerprint density at radius 2 is 2.50 bits per heavy atom. The summed E-state index contributed by atoms with van der Waals surface area (Å²) in [6.07, 6.45) is 0.779. The quantitative estimate of drug-likeness (QED) is 0.337. The Bertz CT molecular complexity index is 253. The summed E-state index contributed by atoms with van der Waals surface area (Å²) in [5.74, 6) is 0. The summed E-state index contributed by atoms with van der Waals surface area (Å²) >= 11 is 0. The van der Waals surface area contributed by atoms with Gasteiger partial charge in [-0.05, 0) is 6.92 Å². The smallest absolute Gasteiger partial charge is 0.316 e. The number of hydrogen-bond donors (Lipinski definition) is 3. The third kappa shape index (κ3) is 4.19. The van der Waals surface area contributed by atoms with Crippen LogP contribution in [0.1, 0.15) is 13.3 Å². The molecule has 2 unspecified atom stereocenters. The lowest BCUT2D eigenvalue weighted by Crippen LogP contribution is -2.29. The van der Waals surface area contributed by atoms with Crippen molar-refractivity contribution in [2.24, 2.45) is 0 Å². The summed E-state index contributed by atoms with van der Waals surface area (Å²) in [6, 6.07) is 0. The van der Waals surface area contributed by atoms with Crippen molar-refractivity contribution >= 4 is 14.6 Å². The fourth-order valence-electron chi connectivity index (χ4n) is 1.61. The molecule has 3 N–H and O–H groups in total. The van der Waals surface area contributed by atoms with Gasteiger partial charge < -0.3 is 24.2 Å². The summed E-state index contributed by atoms with van der Waals surface area (Å²) in [5.41, 5.74) is 0. The Hall–Kier alpha value is -0.460. The maximum atomic E-state index is 10.4. The molecule has 0 amide bonds. The van der Waals surface area contributed by atoms with E-state index < -0.39 is 8.25 Å². The first-order chi connectivity index (χ1) is 7.67. The molecular weight excluding hydrogens is 235 g/mol. The van der Waals surface area contributed by atoms with Crippen LogP contribution in [-0.4, -0.2) is 42.9 Å². The van der Waals surface area contributed by atoms with Crippen molar-refractivity contribution in [3.63, 3.8) is 0 Å². The lowest BCUT2D eigenvalue weighted by Gasteiger charge is -2.17. The van der Waals surface area contributed by atoms with Crippen molar-refractivity contribution in [3.8, 4) is 0 Å². The molecule has 1 aliphatic rings. The minimum absolute atomic E-state index is 0.0230. The van der Waals surface area contributed by atoms with E-state index in [0.717, 1.165) is 6.34 Å². The van der Waals surface area contributed by atoms with E-state index in [2.05, 4.69) is 9.84 Å². The van der Waals surface area contributed by atoms with Gasteiger partial charge in [0.15, 0.2) is 0 Å². The van der Waals surface area contributed by atoms with Gasteiger partial charge in [0.1, 0.15) is 12.3 Å². The molecule has 0 bridgehead atoms. The van der Waals surface area contributed by atoms with Crippen molar-refractivity contribution in [2.75, 3.05) is 13.2 Å². The predicted molar refractivity (Wildman–Crippen MR) is 57.8 cm³/mol. The van der Waals surface area contributed by atoms with Crippen LogP contribution in [-0.2, 0) is 18.6 Å². The molecule has 0 saturated carbocycles. The van der Waals surface area contributed by atoms with Gasteiger partial charge in [-0.15, -0.1) is 0 Å². The molecule has 1 rings (SSSR count).